The van der Waals surface area contributed by atoms with Crippen LogP contribution in [0, 0.1) is 6.92 Å². The summed E-state index contributed by atoms with van der Waals surface area (Å²) >= 11 is 0. The molecule has 22 heavy (non-hydrogen) atoms. The Labute approximate surface area is 130 Å². The Morgan fingerprint density at radius 3 is 2.77 bits per heavy atom. The second kappa shape index (κ2) is 6.27. The minimum atomic E-state index is 0.0922. The quantitative estimate of drug-likeness (QED) is 0.930. The molecule has 1 N–H and O–H groups in total. The largest absolute Gasteiger partial charge is 0.339 e. The van der Waals surface area contributed by atoms with Gasteiger partial charge in [0.2, 0.25) is 0 Å². The number of hydrogen-bond acceptors (Lipinski definition) is 4. The van der Waals surface area contributed by atoms with Crippen molar-refractivity contribution in [1.82, 2.24) is 25.0 Å². The first kappa shape index (κ1) is 14.7. The predicted molar refractivity (Wildman–Crippen MR) is 84.1 cm³/mol. The molecule has 6 nitrogen and oxygen atoms in total. The van der Waals surface area contributed by atoms with E-state index in [1.807, 2.05) is 37.1 Å². The molecule has 0 bridgehead atoms. The second-order valence-electron chi connectivity index (χ2n) is 5.74. The van der Waals surface area contributed by atoms with E-state index in [1.54, 1.807) is 11.0 Å². The molecule has 0 radical (unpaired) electrons. The lowest BCUT2D eigenvalue weighted by molar-refractivity contribution is 0.0702. The molecule has 2 aromatic rings. The van der Waals surface area contributed by atoms with Gasteiger partial charge < -0.3 is 10.2 Å². The third kappa shape index (κ3) is 2.87. The summed E-state index contributed by atoms with van der Waals surface area (Å²) in [5, 5.41) is 7.44. The van der Waals surface area contributed by atoms with Crippen LogP contribution in [0.15, 0.2) is 30.9 Å². The van der Waals surface area contributed by atoms with E-state index in [-0.39, 0.29) is 5.91 Å². The van der Waals surface area contributed by atoms with E-state index < -0.39 is 0 Å². The van der Waals surface area contributed by atoms with Gasteiger partial charge in [-0.1, -0.05) is 0 Å². The number of aromatic nitrogens is 3. The van der Waals surface area contributed by atoms with E-state index in [1.165, 1.54) is 6.33 Å². The Morgan fingerprint density at radius 1 is 1.36 bits per heavy atom. The van der Waals surface area contributed by atoms with Gasteiger partial charge in [0.15, 0.2) is 0 Å². The topological polar surface area (TPSA) is 63.1 Å². The summed E-state index contributed by atoms with van der Waals surface area (Å²) in [6, 6.07) is 6.08. The van der Waals surface area contributed by atoms with Crippen molar-refractivity contribution in [2.45, 2.75) is 25.8 Å². The molecule has 1 aliphatic heterocycles. The van der Waals surface area contributed by atoms with Crippen LogP contribution < -0.4 is 5.32 Å². The van der Waals surface area contributed by atoms with Gasteiger partial charge in [-0.05, 0) is 56.6 Å². The summed E-state index contributed by atoms with van der Waals surface area (Å²) in [6.45, 7) is 3.92. The zero-order valence-electron chi connectivity index (χ0n) is 13.0. The van der Waals surface area contributed by atoms with Crippen molar-refractivity contribution in [3.8, 4) is 5.69 Å². The third-order valence-electron chi connectivity index (χ3n) is 4.30. The Balaban J connectivity index is 1.80. The van der Waals surface area contributed by atoms with Gasteiger partial charge in [-0.25, -0.2) is 9.67 Å². The maximum atomic E-state index is 12.7. The number of hydrogen-bond donors (Lipinski definition) is 1. The SMILES string of the molecule is Cc1cc(-n2cncn2)ccc1C(=O)N(C)C1CCNCC1. The number of rotatable bonds is 3. The Bertz CT molecular complexity index is 647. The summed E-state index contributed by atoms with van der Waals surface area (Å²) in [4.78, 5) is 18.6. The highest BCUT2D eigenvalue weighted by Gasteiger charge is 2.23. The van der Waals surface area contributed by atoms with E-state index in [0.29, 0.717) is 6.04 Å². The third-order valence-corrected chi connectivity index (χ3v) is 4.30. The zero-order valence-corrected chi connectivity index (χ0v) is 13.0. The normalized spacial score (nSPS) is 15.7. The molecule has 1 aromatic carbocycles. The molecule has 2 heterocycles. The molecule has 1 aliphatic rings. The molecule has 1 saturated heterocycles. The van der Waals surface area contributed by atoms with Crippen LogP contribution in [0.4, 0.5) is 0 Å². The van der Waals surface area contributed by atoms with E-state index in [2.05, 4.69) is 15.4 Å². The van der Waals surface area contributed by atoms with Crippen molar-refractivity contribution >= 4 is 5.91 Å². The fourth-order valence-electron chi connectivity index (χ4n) is 2.92. The fourth-order valence-corrected chi connectivity index (χ4v) is 2.92. The molecule has 1 aromatic heterocycles. The highest BCUT2D eigenvalue weighted by Crippen LogP contribution is 2.18. The van der Waals surface area contributed by atoms with Gasteiger partial charge >= 0.3 is 0 Å². The van der Waals surface area contributed by atoms with Gasteiger partial charge in [0, 0.05) is 18.7 Å². The molecule has 0 spiro atoms. The molecule has 0 aliphatic carbocycles. The molecule has 6 heteroatoms. The minimum Gasteiger partial charge on any atom is -0.339 e. The van der Waals surface area contributed by atoms with Gasteiger partial charge in [-0.3, -0.25) is 4.79 Å². The lowest BCUT2D eigenvalue weighted by atomic mass is 10.0. The smallest absolute Gasteiger partial charge is 0.254 e. The van der Waals surface area contributed by atoms with E-state index in [9.17, 15) is 4.79 Å². The standard InChI is InChI=1S/C16H21N5O/c1-12-9-14(21-11-18-10-19-21)3-4-15(12)16(22)20(2)13-5-7-17-8-6-13/h3-4,9-11,13,17H,5-8H2,1-2H3. The number of piperidine rings is 1. The number of carbonyl (C=O) groups excluding carboxylic acids is 1. The zero-order chi connectivity index (χ0) is 15.5. The number of nitrogens with zero attached hydrogens (tertiary/aromatic N) is 4. The fraction of sp³-hybridized carbons (Fsp3) is 0.438. The molecule has 116 valence electrons. The lowest BCUT2D eigenvalue weighted by Crippen LogP contribution is -2.44. The van der Waals surface area contributed by atoms with Crippen molar-refractivity contribution in [1.29, 1.82) is 0 Å². The monoisotopic (exact) mass is 299 g/mol. The lowest BCUT2D eigenvalue weighted by Gasteiger charge is -2.32. The molecular formula is C16H21N5O. The average molecular weight is 299 g/mol. The van der Waals surface area contributed by atoms with E-state index in [4.69, 9.17) is 0 Å². The van der Waals surface area contributed by atoms with Crippen molar-refractivity contribution in [3.05, 3.63) is 42.0 Å². The number of amides is 1. The van der Waals surface area contributed by atoms with Crippen LogP contribution in [-0.2, 0) is 0 Å². The Hall–Kier alpha value is -2.21. The van der Waals surface area contributed by atoms with Gasteiger partial charge in [0.1, 0.15) is 12.7 Å². The molecule has 1 amide bonds. The molecule has 3 rings (SSSR count). The summed E-state index contributed by atoms with van der Waals surface area (Å²) in [6.07, 6.45) is 5.17. The van der Waals surface area contributed by atoms with Crippen LogP contribution in [-0.4, -0.2) is 51.8 Å². The minimum absolute atomic E-state index is 0.0922. The van der Waals surface area contributed by atoms with Crippen molar-refractivity contribution in [2.24, 2.45) is 0 Å². The Kier molecular flexibility index (Phi) is 4.20. The highest BCUT2D eigenvalue weighted by atomic mass is 16.2. The highest BCUT2D eigenvalue weighted by molar-refractivity contribution is 5.96. The van der Waals surface area contributed by atoms with E-state index in [0.717, 1.165) is 42.7 Å². The first-order valence-corrected chi connectivity index (χ1v) is 7.60. The Morgan fingerprint density at radius 2 is 2.14 bits per heavy atom. The van der Waals surface area contributed by atoms with Crippen molar-refractivity contribution < 1.29 is 4.79 Å². The van der Waals surface area contributed by atoms with Gasteiger partial charge in [-0.2, -0.15) is 5.10 Å². The maximum Gasteiger partial charge on any atom is 0.254 e. The van der Waals surface area contributed by atoms with Gasteiger partial charge in [0.25, 0.3) is 5.91 Å². The van der Waals surface area contributed by atoms with E-state index >= 15 is 0 Å². The number of nitrogens with one attached hydrogen (secondary N) is 1. The number of carbonyl (C=O) groups is 1. The first-order chi connectivity index (χ1) is 10.7. The van der Waals surface area contributed by atoms with Crippen molar-refractivity contribution in [2.75, 3.05) is 20.1 Å². The molecular weight excluding hydrogens is 278 g/mol. The van der Waals surface area contributed by atoms with Gasteiger partial charge in [-0.15, -0.1) is 0 Å². The van der Waals surface area contributed by atoms with Crippen molar-refractivity contribution in [3.63, 3.8) is 0 Å². The summed E-state index contributed by atoms with van der Waals surface area (Å²) in [5.74, 6) is 0.0922. The molecule has 0 unspecified atom stereocenters. The summed E-state index contributed by atoms with van der Waals surface area (Å²) in [5.41, 5.74) is 2.62. The van der Waals surface area contributed by atoms with Crippen LogP contribution >= 0.6 is 0 Å². The van der Waals surface area contributed by atoms with Gasteiger partial charge in [0.05, 0.1) is 5.69 Å². The summed E-state index contributed by atoms with van der Waals surface area (Å²) < 4.78 is 1.69. The van der Waals surface area contributed by atoms with Crippen LogP contribution in [0.1, 0.15) is 28.8 Å². The maximum absolute atomic E-state index is 12.7. The molecule has 0 atom stereocenters. The number of benzene rings is 1. The van der Waals surface area contributed by atoms with Crippen LogP contribution in [0.3, 0.4) is 0 Å². The number of aryl methyl sites for hydroxylation is 1. The predicted octanol–water partition coefficient (Wildman–Crippen LogP) is 1.40. The summed E-state index contributed by atoms with van der Waals surface area (Å²) in [7, 11) is 1.91. The first-order valence-electron chi connectivity index (χ1n) is 7.60. The van der Waals surface area contributed by atoms with Crippen LogP contribution in [0.25, 0.3) is 5.69 Å². The average Bonchev–Trinajstić information content (AvgIpc) is 3.09. The van der Waals surface area contributed by atoms with Crippen LogP contribution in [0.5, 0.6) is 0 Å². The second-order valence-corrected chi connectivity index (χ2v) is 5.74. The molecule has 1 fully saturated rings. The van der Waals surface area contributed by atoms with Crippen LogP contribution in [0.2, 0.25) is 0 Å². The molecule has 0 saturated carbocycles.